The van der Waals surface area contributed by atoms with E-state index in [1.54, 1.807) is 0 Å². The van der Waals surface area contributed by atoms with E-state index in [2.05, 4.69) is 6.07 Å². The first kappa shape index (κ1) is 13.1. The van der Waals surface area contributed by atoms with Crippen LogP contribution in [0.5, 0.6) is 0 Å². The van der Waals surface area contributed by atoms with Crippen molar-refractivity contribution in [2.75, 3.05) is 20.0 Å². The molecule has 96 valence electrons. The molecular formula is C13H15NO3S. The zero-order valence-corrected chi connectivity index (χ0v) is 11.1. The van der Waals surface area contributed by atoms with Gasteiger partial charge in [0.15, 0.2) is 9.84 Å². The Balaban J connectivity index is 2.45. The number of hydrogen-bond acceptors (Lipinski definition) is 4. The lowest BCUT2D eigenvalue weighted by molar-refractivity contribution is 0.162. The van der Waals surface area contributed by atoms with Crippen molar-refractivity contribution in [1.82, 2.24) is 0 Å². The summed E-state index contributed by atoms with van der Waals surface area (Å²) in [6.45, 7) is 0.140. The van der Waals surface area contributed by atoms with E-state index in [1.807, 2.05) is 30.3 Å². The van der Waals surface area contributed by atoms with Crippen molar-refractivity contribution >= 4 is 9.84 Å². The van der Waals surface area contributed by atoms with Crippen LogP contribution >= 0.6 is 0 Å². The van der Waals surface area contributed by atoms with Gasteiger partial charge in [0.1, 0.15) is 5.41 Å². The summed E-state index contributed by atoms with van der Waals surface area (Å²) in [6.07, 6.45) is 1.18. The molecule has 0 bridgehead atoms. The summed E-state index contributed by atoms with van der Waals surface area (Å²) < 4.78 is 28.7. The van der Waals surface area contributed by atoms with Gasteiger partial charge < -0.3 is 4.74 Å². The van der Waals surface area contributed by atoms with Crippen LogP contribution in [0.3, 0.4) is 0 Å². The third-order valence-electron chi connectivity index (χ3n) is 3.47. The molecule has 5 heteroatoms. The fourth-order valence-corrected chi connectivity index (χ4v) is 4.59. The summed E-state index contributed by atoms with van der Waals surface area (Å²) >= 11 is 0. The molecule has 0 saturated heterocycles. The molecule has 0 aromatic heterocycles. The summed E-state index contributed by atoms with van der Waals surface area (Å²) in [5.41, 5.74) is -0.0597. The lowest BCUT2D eigenvalue weighted by atomic mass is 10.0. The molecule has 1 aliphatic carbocycles. The third-order valence-corrected chi connectivity index (χ3v) is 5.08. The molecule has 0 amide bonds. The number of rotatable bonds is 4. The minimum absolute atomic E-state index is 0.140. The van der Waals surface area contributed by atoms with Crippen LogP contribution in [-0.2, 0) is 14.6 Å². The molecule has 4 nitrogen and oxygen atoms in total. The van der Waals surface area contributed by atoms with Gasteiger partial charge in [0.05, 0.1) is 17.9 Å². The molecule has 0 radical (unpaired) electrons. The Kier molecular flexibility index (Phi) is 3.18. The number of nitriles is 1. The van der Waals surface area contributed by atoms with Crippen molar-refractivity contribution in [3.8, 4) is 6.07 Å². The Hall–Kier alpha value is -1.38. The second kappa shape index (κ2) is 4.38. The standard InChI is InChI=1S/C13H15NO3S/c1-17-9-13(8-14)11(12(13)18(2,15)16)10-6-4-3-5-7-10/h3-7,11-12H,9H2,1-2H3/t11-,12-,13-/m1/s1. The Morgan fingerprint density at radius 3 is 2.44 bits per heavy atom. The number of nitrogens with zero attached hydrogens (tertiary/aromatic N) is 1. The molecule has 1 aromatic carbocycles. The third kappa shape index (κ3) is 1.92. The van der Waals surface area contributed by atoms with E-state index in [0.29, 0.717) is 0 Å². The Labute approximate surface area is 107 Å². The number of methoxy groups -OCH3 is 1. The molecule has 1 aliphatic rings. The molecular weight excluding hydrogens is 250 g/mol. The molecule has 0 unspecified atom stereocenters. The smallest absolute Gasteiger partial charge is 0.152 e. The van der Waals surface area contributed by atoms with Crippen LogP contribution in [0.1, 0.15) is 11.5 Å². The van der Waals surface area contributed by atoms with Gasteiger partial charge in [-0.3, -0.25) is 0 Å². The van der Waals surface area contributed by atoms with Crippen LogP contribution in [0, 0.1) is 16.7 Å². The lowest BCUT2D eigenvalue weighted by Crippen LogP contribution is -2.17. The number of hydrogen-bond donors (Lipinski definition) is 0. The van der Waals surface area contributed by atoms with Crippen molar-refractivity contribution in [2.24, 2.45) is 5.41 Å². The van der Waals surface area contributed by atoms with E-state index in [-0.39, 0.29) is 12.5 Å². The fourth-order valence-electron chi connectivity index (χ4n) is 2.74. The largest absolute Gasteiger partial charge is 0.383 e. The van der Waals surface area contributed by atoms with E-state index >= 15 is 0 Å². The summed E-state index contributed by atoms with van der Waals surface area (Å²) in [6, 6.07) is 11.4. The predicted octanol–water partition coefficient (Wildman–Crippen LogP) is 1.35. The first-order valence-electron chi connectivity index (χ1n) is 5.61. The summed E-state index contributed by atoms with van der Waals surface area (Å²) in [4.78, 5) is 0. The number of sulfone groups is 1. The highest BCUT2D eigenvalue weighted by molar-refractivity contribution is 7.91. The van der Waals surface area contributed by atoms with Crippen LogP contribution in [0.15, 0.2) is 30.3 Å². The Morgan fingerprint density at radius 1 is 1.39 bits per heavy atom. The fraction of sp³-hybridized carbons (Fsp3) is 0.462. The summed E-state index contributed by atoms with van der Waals surface area (Å²) in [7, 11) is -1.79. The van der Waals surface area contributed by atoms with Crippen molar-refractivity contribution in [1.29, 1.82) is 5.26 Å². The van der Waals surface area contributed by atoms with Gasteiger partial charge in [0.2, 0.25) is 0 Å². The van der Waals surface area contributed by atoms with Crippen LogP contribution < -0.4 is 0 Å². The molecule has 1 aromatic rings. The molecule has 3 atom stereocenters. The molecule has 18 heavy (non-hydrogen) atoms. The van der Waals surface area contributed by atoms with Gasteiger partial charge in [-0.2, -0.15) is 5.26 Å². The van der Waals surface area contributed by atoms with Crippen LogP contribution in [0.4, 0.5) is 0 Å². The second-order valence-electron chi connectivity index (χ2n) is 4.72. The molecule has 1 saturated carbocycles. The second-order valence-corrected chi connectivity index (χ2v) is 6.89. The van der Waals surface area contributed by atoms with E-state index < -0.39 is 20.5 Å². The van der Waals surface area contributed by atoms with Crippen LogP contribution in [0.2, 0.25) is 0 Å². The first-order valence-corrected chi connectivity index (χ1v) is 7.57. The van der Waals surface area contributed by atoms with Crippen molar-refractivity contribution < 1.29 is 13.2 Å². The topological polar surface area (TPSA) is 67.2 Å². The monoisotopic (exact) mass is 265 g/mol. The molecule has 0 N–H and O–H groups in total. The highest BCUT2D eigenvalue weighted by Crippen LogP contribution is 2.62. The minimum atomic E-state index is -3.27. The zero-order chi connectivity index (χ0) is 13.4. The van der Waals surface area contributed by atoms with Crippen molar-refractivity contribution in [3.63, 3.8) is 0 Å². The molecule has 0 spiro atoms. The summed E-state index contributed by atoms with van der Waals surface area (Å²) in [5, 5.41) is 8.69. The minimum Gasteiger partial charge on any atom is -0.383 e. The summed E-state index contributed by atoms with van der Waals surface area (Å²) in [5.74, 6) is -0.293. The van der Waals surface area contributed by atoms with Crippen molar-refractivity contribution in [3.05, 3.63) is 35.9 Å². The van der Waals surface area contributed by atoms with Gasteiger partial charge in [-0.25, -0.2) is 8.42 Å². The molecule has 1 fully saturated rings. The van der Waals surface area contributed by atoms with Gasteiger partial charge in [-0.1, -0.05) is 30.3 Å². The SMILES string of the molecule is COC[C@]1(C#N)[C@H](c2ccccc2)[C@H]1S(C)(=O)=O. The maximum absolute atomic E-state index is 11.8. The van der Waals surface area contributed by atoms with E-state index in [4.69, 9.17) is 4.74 Å². The van der Waals surface area contributed by atoms with E-state index in [9.17, 15) is 13.7 Å². The molecule has 0 aliphatic heterocycles. The maximum Gasteiger partial charge on any atom is 0.152 e. The average Bonchev–Trinajstić information content (AvgIpc) is 3.00. The number of benzene rings is 1. The average molecular weight is 265 g/mol. The quantitative estimate of drug-likeness (QED) is 0.824. The van der Waals surface area contributed by atoms with Gasteiger partial charge in [0, 0.05) is 19.3 Å². The highest BCUT2D eigenvalue weighted by atomic mass is 32.2. The van der Waals surface area contributed by atoms with E-state index in [0.717, 1.165) is 5.56 Å². The Morgan fingerprint density at radius 2 is 2.00 bits per heavy atom. The van der Waals surface area contributed by atoms with Crippen LogP contribution in [0.25, 0.3) is 0 Å². The van der Waals surface area contributed by atoms with Crippen molar-refractivity contribution in [2.45, 2.75) is 11.2 Å². The van der Waals surface area contributed by atoms with Gasteiger partial charge in [-0.15, -0.1) is 0 Å². The highest BCUT2D eigenvalue weighted by Gasteiger charge is 2.71. The zero-order valence-electron chi connectivity index (χ0n) is 10.3. The predicted molar refractivity (Wildman–Crippen MR) is 67.7 cm³/mol. The van der Waals surface area contributed by atoms with Gasteiger partial charge in [-0.05, 0) is 5.56 Å². The molecule has 0 heterocycles. The first-order chi connectivity index (χ1) is 8.47. The van der Waals surface area contributed by atoms with Gasteiger partial charge >= 0.3 is 0 Å². The number of ether oxygens (including phenoxy) is 1. The van der Waals surface area contributed by atoms with E-state index in [1.165, 1.54) is 13.4 Å². The maximum atomic E-state index is 11.8. The van der Waals surface area contributed by atoms with Gasteiger partial charge in [0.25, 0.3) is 0 Å². The lowest BCUT2D eigenvalue weighted by Gasteiger charge is -2.06. The Bertz CT molecular complexity index is 576. The van der Waals surface area contributed by atoms with Crippen LogP contribution in [-0.4, -0.2) is 33.6 Å². The molecule has 2 rings (SSSR count). The normalized spacial score (nSPS) is 30.7.